The van der Waals surface area contributed by atoms with E-state index >= 15 is 0 Å². The average Bonchev–Trinajstić information content (AvgIpc) is 2.93. The minimum atomic E-state index is -0.504. The molecule has 0 aromatic heterocycles. The molecule has 148 valence electrons. The molecule has 8 heteroatoms. The van der Waals surface area contributed by atoms with Gasteiger partial charge in [0.1, 0.15) is 5.82 Å². The highest BCUT2D eigenvalue weighted by Crippen LogP contribution is 2.17. The molecule has 0 bridgehead atoms. The number of hydrogen-bond acceptors (Lipinski definition) is 3. The van der Waals surface area contributed by atoms with Gasteiger partial charge in [-0.25, -0.2) is 4.39 Å². The van der Waals surface area contributed by atoms with Gasteiger partial charge in [0.2, 0.25) is 11.8 Å². The maximum absolute atomic E-state index is 13.2. The molecule has 0 atom stereocenters. The summed E-state index contributed by atoms with van der Waals surface area (Å²) in [5, 5.41) is 5.28. The highest BCUT2D eigenvalue weighted by Gasteiger charge is 2.15. The fourth-order valence-corrected chi connectivity index (χ4v) is 3.36. The monoisotopic (exact) mass is 441 g/mol. The lowest BCUT2D eigenvalue weighted by molar-refractivity contribution is -0.131. The van der Waals surface area contributed by atoms with Crippen molar-refractivity contribution in [2.24, 2.45) is 0 Å². The van der Waals surface area contributed by atoms with Gasteiger partial charge in [0.15, 0.2) is 0 Å². The Morgan fingerprint density at radius 1 is 1.00 bits per heavy atom. The number of halogens is 2. The first kappa shape index (κ1) is 21.3. The van der Waals surface area contributed by atoms with E-state index in [1.807, 2.05) is 4.90 Å². The number of carbonyl (C=O) groups excluding carboxylic acids is 3. The molecule has 2 N–H and O–H groups in total. The lowest BCUT2D eigenvalue weighted by Gasteiger charge is -2.20. The van der Waals surface area contributed by atoms with Gasteiger partial charge in [0.05, 0.1) is 5.56 Å². The standard InChI is InChI=1S/C19H25BrFN3O3/c20-16-6-5-14(21)13-15(16)19(27)23-9-7-17(25)22-10-8-18(26)24-11-3-1-2-4-12-24/h5-6,13H,1-4,7-12H2,(H,22,25)(H,23,27). The van der Waals surface area contributed by atoms with Crippen LogP contribution < -0.4 is 10.6 Å². The van der Waals surface area contributed by atoms with Crippen molar-refractivity contribution in [2.45, 2.75) is 38.5 Å². The Morgan fingerprint density at radius 2 is 1.67 bits per heavy atom. The van der Waals surface area contributed by atoms with Gasteiger partial charge in [0, 0.05) is 43.5 Å². The minimum absolute atomic E-state index is 0.0708. The molecule has 1 heterocycles. The molecule has 6 nitrogen and oxygen atoms in total. The lowest BCUT2D eigenvalue weighted by Crippen LogP contribution is -2.36. The molecular formula is C19H25BrFN3O3. The number of nitrogens with zero attached hydrogens (tertiary/aromatic N) is 1. The fraction of sp³-hybridized carbons (Fsp3) is 0.526. The molecule has 1 saturated heterocycles. The summed E-state index contributed by atoms with van der Waals surface area (Å²) in [5.41, 5.74) is 0.179. The van der Waals surface area contributed by atoms with Gasteiger partial charge < -0.3 is 15.5 Å². The van der Waals surface area contributed by atoms with Gasteiger partial charge in [0.25, 0.3) is 5.91 Å². The van der Waals surface area contributed by atoms with Crippen LogP contribution >= 0.6 is 15.9 Å². The largest absolute Gasteiger partial charge is 0.356 e. The Balaban J connectivity index is 1.63. The smallest absolute Gasteiger partial charge is 0.252 e. The third-order valence-electron chi connectivity index (χ3n) is 4.43. The van der Waals surface area contributed by atoms with E-state index in [0.717, 1.165) is 32.0 Å². The summed E-state index contributed by atoms with van der Waals surface area (Å²) in [5.74, 6) is -1.13. The Kier molecular flexibility index (Phi) is 8.71. The van der Waals surface area contributed by atoms with Crippen molar-refractivity contribution in [2.75, 3.05) is 26.2 Å². The van der Waals surface area contributed by atoms with Crippen molar-refractivity contribution in [3.05, 3.63) is 34.1 Å². The van der Waals surface area contributed by atoms with Gasteiger partial charge >= 0.3 is 0 Å². The summed E-state index contributed by atoms with van der Waals surface area (Å²) < 4.78 is 13.7. The van der Waals surface area contributed by atoms with Crippen molar-refractivity contribution in [1.82, 2.24) is 15.5 Å². The summed E-state index contributed by atoms with van der Waals surface area (Å²) in [4.78, 5) is 37.9. The Bertz CT molecular complexity index is 676. The highest BCUT2D eigenvalue weighted by atomic mass is 79.9. The van der Waals surface area contributed by atoms with Gasteiger partial charge in [-0.05, 0) is 47.0 Å². The molecule has 1 aliphatic rings. The van der Waals surface area contributed by atoms with Crippen LogP contribution in [0.2, 0.25) is 0 Å². The van der Waals surface area contributed by atoms with Gasteiger partial charge in [-0.3, -0.25) is 14.4 Å². The molecule has 1 aromatic carbocycles. The Morgan fingerprint density at radius 3 is 2.37 bits per heavy atom. The normalized spacial score (nSPS) is 14.4. The highest BCUT2D eigenvalue weighted by molar-refractivity contribution is 9.10. The van der Waals surface area contributed by atoms with E-state index in [4.69, 9.17) is 0 Å². The van der Waals surface area contributed by atoms with Crippen LogP contribution in [0.1, 0.15) is 48.9 Å². The molecule has 3 amide bonds. The topological polar surface area (TPSA) is 78.5 Å². The molecule has 0 unspecified atom stereocenters. The summed E-state index contributed by atoms with van der Waals surface area (Å²) >= 11 is 3.19. The molecule has 1 aromatic rings. The van der Waals surface area contributed by atoms with Gasteiger partial charge in [-0.15, -0.1) is 0 Å². The average molecular weight is 442 g/mol. The summed E-state index contributed by atoms with van der Waals surface area (Å²) in [7, 11) is 0. The molecule has 0 saturated carbocycles. The van der Waals surface area contributed by atoms with Crippen LogP contribution in [0.25, 0.3) is 0 Å². The van der Waals surface area contributed by atoms with Crippen molar-refractivity contribution in [3.63, 3.8) is 0 Å². The van der Waals surface area contributed by atoms with Crippen LogP contribution in [0.5, 0.6) is 0 Å². The maximum Gasteiger partial charge on any atom is 0.252 e. The molecule has 0 aliphatic carbocycles. The molecule has 0 radical (unpaired) electrons. The van der Waals surface area contributed by atoms with Crippen LogP contribution in [0, 0.1) is 5.82 Å². The van der Waals surface area contributed by atoms with E-state index in [-0.39, 0.29) is 43.3 Å². The second kappa shape index (κ2) is 11.0. The number of rotatable bonds is 7. The van der Waals surface area contributed by atoms with Crippen LogP contribution in [0.4, 0.5) is 4.39 Å². The van der Waals surface area contributed by atoms with Crippen LogP contribution in [-0.4, -0.2) is 48.8 Å². The van der Waals surface area contributed by atoms with E-state index in [9.17, 15) is 18.8 Å². The summed E-state index contributed by atoms with van der Waals surface area (Å²) in [6.07, 6.45) is 4.79. The molecule has 0 spiro atoms. The molecular weight excluding hydrogens is 417 g/mol. The number of nitrogens with one attached hydrogen (secondary N) is 2. The van der Waals surface area contributed by atoms with E-state index in [1.165, 1.54) is 25.0 Å². The first-order chi connectivity index (χ1) is 13.0. The minimum Gasteiger partial charge on any atom is -0.356 e. The van der Waals surface area contributed by atoms with Crippen molar-refractivity contribution in [1.29, 1.82) is 0 Å². The Labute approximate surface area is 167 Å². The van der Waals surface area contributed by atoms with Crippen LogP contribution in [0.3, 0.4) is 0 Å². The predicted molar refractivity (Wildman–Crippen MR) is 104 cm³/mol. The molecule has 27 heavy (non-hydrogen) atoms. The molecule has 1 fully saturated rings. The first-order valence-corrected chi connectivity index (χ1v) is 10.0. The first-order valence-electron chi connectivity index (χ1n) is 9.25. The number of hydrogen-bond donors (Lipinski definition) is 2. The third kappa shape index (κ3) is 7.28. The Hall–Kier alpha value is -1.96. The lowest BCUT2D eigenvalue weighted by atomic mass is 10.2. The maximum atomic E-state index is 13.2. The summed E-state index contributed by atoms with van der Waals surface area (Å²) in [6.45, 7) is 2.02. The van der Waals surface area contributed by atoms with E-state index in [1.54, 1.807) is 0 Å². The zero-order valence-electron chi connectivity index (χ0n) is 15.2. The van der Waals surface area contributed by atoms with Crippen molar-refractivity contribution < 1.29 is 18.8 Å². The van der Waals surface area contributed by atoms with Crippen LogP contribution in [0.15, 0.2) is 22.7 Å². The summed E-state index contributed by atoms with van der Waals surface area (Å²) in [6, 6.07) is 3.84. The SMILES string of the molecule is O=C(CCNC(=O)c1cc(F)ccc1Br)NCCC(=O)N1CCCCCC1. The van der Waals surface area contributed by atoms with E-state index in [0.29, 0.717) is 4.47 Å². The quantitative estimate of drug-likeness (QED) is 0.682. The molecule has 1 aliphatic heterocycles. The third-order valence-corrected chi connectivity index (χ3v) is 5.12. The van der Waals surface area contributed by atoms with Gasteiger partial charge in [-0.2, -0.15) is 0 Å². The van der Waals surface area contributed by atoms with E-state index < -0.39 is 11.7 Å². The number of likely N-dealkylation sites (tertiary alicyclic amines) is 1. The fourth-order valence-electron chi connectivity index (χ4n) is 2.93. The van der Waals surface area contributed by atoms with Crippen LogP contribution in [-0.2, 0) is 9.59 Å². The number of benzene rings is 1. The second-order valence-corrected chi connectivity index (χ2v) is 7.38. The molecule has 2 rings (SSSR count). The van der Waals surface area contributed by atoms with Crippen molar-refractivity contribution in [3.8, 4) is 0 Å². The zero-order valence-corrected chi connectivity index (χ0v) is 16.8. The van der Waals surface area contributed by atoms with Crippen molar-refractivity contribution >= 4 is 33.7 Å². The number of amides is 3. The number of carbonyl (C=O) groups is 3. The van der Waals surface area contributed by atoms with Gasteiger partial charge in [-0.1, -0.05) is 12.8 Å². The van der Waals surface area contributed by atoms with E-state index in [2.05, 4.69) is 26.6 Å². The predicted octanol–water partition coefficient (Wildman–Crippen LogP) is 2.62. The second-order valence-electron chi connectivity index (χ2n) is 6.53. The zero-order chi connectivity index (χ0) is 19.6.